The number of ether oxygens (including phenoxy) is 3. The first kappa shape index (κ1) is 20.2. The van der Waals surface area contributed by atoms with E-state index in [1.165, 1.54) is 38.5 Å². The molecule has 0 fully saturated rings. The molecule has 144 valence electrons. The number of carbonyl (C=O) groups excluding carboxylic acids is 2. The first-order valence-corrected chi connectivity index (χ1v) is 9.63. The fraction of sp³-hybridized carbons (Fsp3) is 0.222. The van der Waals surface area contributed by atoms with Gasteiger partial charge in [0.2, 0.25) is 0 Å². The number of nitrogens with one attached hydrogen (secondary N) is 1. The van der Waals surface area contributed by atoms with Crippen molar-refractivity contribution in [3.05, 3.63) is 48.0 Å². The highest BCUT2D eigenvalue weighted by Crippen LogP contribution is 2.29. The van der Waals surface area contributed by atoms with E-state index in [0.29, 0.717) is 17.2 Å². The fourth-order valence-electron chi connectivity index (χ4n) is 2.16. The van der Waals surface area contributed by atoms with Crippen molar-refractivity contribution in [3.63, 3.8) is 0 Å². The van der Waals surface area contributed by atoms with E-state index >= 15 is 0 Å². The van der Waals surface area contributed by atoms with Gasteiger partial charge in [-0.1, -0.05) is 0 Å². The first-order chi connectivity index (χ1) is 12.7. The summed E-state index contributed by atoms with van der Waals surface area (Å²) in [6.45, 7) is -0.499. The lowest BCUT2D eigenvalue weighted by Gasteiger charge is -2.11. The smallest absolute Gasteiger partial charge is 0.338 e. The van der Waals surface area contributed by atoms with Crippen molar-refractivity contribution in [1.29, 1.82) is 0 Å². The second-order valence-electron chi connectivity index (χ2n) is 5.49. The number of hydrogen-bond acceptors (Lipinski definition) is 7. The molecule has 2 aromatic rings. The summed E-state index contributed by atoms with van der Waals surface area (Å²) in [5.41, 5.74) is 0.590. The summed E-state index contributed by atoms with van der Waals surface area (Å²) in [6, 6.07) is 10.1. The van der Waals surface area contributed by atoms with Crippen LogP contribution in [0.3, 0.4) is 0 Å². The van der Waals surface area contributed by atoms with E-state index in [-0.39, 0.29) is 10.5 Å². The van der Waals surface area contributed by atoms with Gasteiger partial charge in [-0.3, -0.25) is 4.79 Å². The number of benzene rings is 2. The highest BCUT2D eigenvalue weighted by atomic mass is 32.2. The predicted molar refractivity (Wildman–Crippen MR) is 98.0 cm³/mol. The maximum Gasteiger partial charge on any atom is 0.338 e. The molecule has 8 nitrogen and oxygen atoms in total. The molecule has 1 N–H and O–H groups in total. The lowest BCUT2D eigenvalue weighted by molar-refractivity contribution is -0.119. The van der Waals surface area contributed by atoms with Gasteiger partial charge in [-0.2, -0.15) is 0 Å². The largest absolute Gasteiger partial charge is 0.493 e. The van der Waals surface area contributed by atoms with Crippen molar-refractivity contribution in [3.8, 4) is 11.5 Å². The molecule has 0 aromatic heterocycles. The Morgan fingerprint density at radius 2 is 1.59 bits per heavy atom. The summed E-state index contributed by atoms with van der Waals surface area (Å²) in [6.07, 6.45) is 1.07. The summed E-state index contributed by atoms with van der Waals surface area (Å²) in [5.74, 6) is -0.321. The van der Waals surface area contributed by atoms with Crippen molar-refractivity contribution >= 4 is 27.4 Å². The zero-order valence-electron chi connectivity index (χ0n) is 15.0. The number of methoxy groups -OCH3 is 2. The summed E-state index contributed by atoms with van der Waals surface area (Å²) in [7, 11) is -0.381. The van der Waals surface area contributed by atoms with Crippen LogP contribution < -0.4 is 14.8 Å². The molecule has 0 aliphatic carbocycles. The maximum absolute atomic E-state index is 12.0. The van der Waals surface area contributed by atoms with E-state index in [2.05, 4.69) is 5.32 Å². The zero-order chi connectivity index (χ0) is 20.0. The Hall–Kier alpha value is -3.07. The lowest BCUT2D eigenvalue weighted by Crippen LogP contribution is -2.21. The molecule has 1 amide bonds. The van der Waals surface area contributed by atoms with Crippen LogP contribution in [-0.2, 0) is 19.4 Å². The Kier molecular flexibility index (Phi) is 6.40. The van der Waals surface area contributed by atoms with Gasteiger partial charge in [0.05, 0.1) is 24.7 Å². The van der Waals surface area contributed by atoms with E-state index in [4.69, 9.17) is 14.2 Å². The van der Waals surface area contributed by atoms with Gasteiger partial charge < -0.3 is 19.5 Å². The number of amides is 1. The molecule has 0 atom stereocenters. The van der Waals surface area contributed by atoms with Crippen LogP contribution in [0.5, 0.6) is 11.5 Å². The second-order valence-corrected chi connectivity index (χ2v) is 7.51. The van der Waals surface area contributed by atoms with Crippen LogP contribution in [0.15, 0.2) is 47.4 Å². The van der Waals surface area contributed by atoms with Gasteiger partial charge in [0, 0.05) is 18.0 Å². The second kappa shape index (κ2) is 8.54. The molecule has 27 heavy (non-hydrogen) atoms. The molecular formula is C18H19NO7S. The minimum absolute atomic E-state index is 0.0882. The fourth-order valence-corrected chi connectivity index (χ4v) is 2.79. The third kappa shape index (κ3) is 5.45. The van der Waals surface area contributed by atoms with Crippen molar-refractivity contribution < 1.29 is 32.2 Å². The van der Waals surface area contributed by atoms with Crippen LogP contribution in [0, 0.1) is 0 Å². The number of carbonyl (C=O) groups is 2. The predicted octanol–water partition coefficient (Wildman–Crippen LogP) is 1.90. The topological polar surface area (TPSA) is 108 Å². The zero-order valence-corrected chi connectivity index (χ0v) is 15.8. The van der Waals surface area contributed by atoms with Crippen molar-refractivity contribution in [2.24, 2.45) is 0 Å². The van der Waals surface area contributed by atoms with E-state index in [1.807, 2.05) is 0 Å². The summed E-state index contributed by atoms with van der Waals surface area (Å²) in [5, 5.41) is 2.57. The number of esters is 1. The normalized spacial score (nSPS) is 10.8. The molecule has 0 saturated heterocycles. The molecule has 2 rings (SSSR count). The molecule has 0 heterocycles. The van der Waals surface area contributed by atoms with Gasteiger partial charge in [0.25, 0.3) is 5.91 Å². The summed E-state index contributed by atoms with van der Waals surface area (Å²) < 4.78 is 38.0. The highest BCUT2D eigenvalue weighted by Gasteiger charge is 2.13. The Bertz CT molecular complexity index is 937. The van der Waals surface area contributed by atoms with Crippen LogP contribution in [0.25, 0.3) is 0 Å². The molecule has 9 heteroatoms. The van der Waals surface area contributed by atoms with Gasteiger partial charge in [-0.25, -0.2) is 13.2 Å². The Morgan fingerprint density at radius 3 is 2.15 bits per heavy atom. The van der Waals surface area contributed by atoms with Crippen molar-refractivity contribution in [2.75, 3.05) is 32.4 Å². The minimum atomic E-state index is -3.35. The standard InChI is InChI=1S/C18H19NO7S/c1-24-15-9-6-13(10-16(15)25-2)19-17(20)11-26-18(21)12-4-7-14(8-5-12)27(3,22)23/h4-10H,11H2,1-3H3,(H,19,20). The molecule has 0 saturated carbocycles. The molecule has 0 aliphatic rings. The summed E-state index contributed by atoms with van der Waals surface area (Å²) in [4.78, 5) is 24.0. The number of anilines is 1. The minimum Gasteiger partial charge on any atom is -0.493 e. The van der Waals surface area contributed by atoms with Crippen LogP contribution >= 0.6 is 0 Å². The van der Waals surface area contributed by atoms with E-state index < -0.39 is 28.3 Å². The SMILES string of the molecule is COc1ccc(NC(=O)COC(=O)c2ccc(S(C)(=O)=O)cc2)cc1OC. The summed E-state index contributed by atoms with van der Waals surface area (Å²) >= 11 is 0. The van der Waals surface area contributed by atoms with Crippen LogP contribution in [0.2, 0.25) is 0 Å². The molecule has 0 spiro atoms. The van der Waals surface area contributed by atoms with Gasteiger partial charge in [0.1, 0.15) is 0 Å². The molecule has 0 aliphatic heterocycles. The average Bonchev–Trinajstić information content (AvgIpc) is 2.65. The Morgan fingerprint density at radius 1 is 0.963 bits per heavy atom. The van der Waals surface area contributed by atoms with E-state index in [1.54, 1.807) is 18.2 Å². The number of sulfone groups is 1. The molecule has 2 aromatic carbocycles. The van der Waals surface area contributed by atoms with Gasteiger partial charge >= 0.3 is 5.97 Å². The monoisotopic (exact) mass is 393 g/mol. The van der Waals surface area contributed by atoms with E-state index in [0.717, 1.165) is 6.26 Å². The van der Waals surface area contributed by atoms with Crippen LogP contribution in [0.4, 0.5) is 5.69 Å². The molecule has 0 bridgehead atoms. The third-order valence-corrected chi connectivity index (χ3v) is 4.65. The quantitative estimate of drug-likeness (QED) is 0.716. The average molecular weight is 393 g/mol. The lowest BCUT2D eigenvalue weighted by atomic mass is 10.2. The molecular weight excluding hydrogens is 374 g/mol. The van der Waals surface area contributed by atoms with Crippen molar-refractivity contribution in [1.82, 2.24) is 0 Å². The maximum atomic E-state index is 12.0. The number of hydrogen-bond donors (Lipinski definition) is 1. The molecule has 0 unspecified atom stereocenters. The van der Waals surface area contributed by atoms with Gasteiger partial charge in [0.15, 0.2) is 27.9 Å². The highest BCUT2D eigenvalue weighted by molar-refractivity contribution is 7.90. The number of rotatable bonds is 7. The van der Waals surface area contributed by atoms with Crippen molar-refractivity contribution in [2.45, 2.75) is 4.90 Å². The van der Waals surface area contributed by atoms with Gasteiger partial charge in [-0.15, -0.1) is 0 Å². The van der Waals surface area contributed by atoms with E-state index in [9.17, 15) is 18.0 Å². The third-order valence-electron chi connectivity index (χ3n) is 3.52. The molecule has 0 radical (unpaired) electrons. The Balaban J connectivity index is 1.94. The Labute approximate surface area is 157 Å². The first-order valence-electron chi connectivity index (χ1n) is 7.73. The van der Waals surface area contributed by atoms with Gasteiger partial charge in [-0.05, 0) is 36.4 Å². The van der Waals surface area contributed by atoms with Crippen LogP contribution in [0.1, 0.15) is 10.4 Å². The van der Waals surface area contributed by atoms with Crippen LogP contribution in [-0.4, -0.2) is 47.4 Å².